The summed E-state index contributed by atoms with van der Waals surface area (Å²) in [6.45, 7) is -0.168. The highest BCUT2D eigenvalue weighted by Crippen LogP contribution is 2.34. The number of nitrogens with zero attached hydrogens (tertiary/aromatic N) is 2. The van der Waals surface area contributed by atoms with Crippen molar-refractivity contribution in [2.75, 3.05) is 24.1 Å². The molecule has 1 unspecified atom stereocenters. The first-order valence-electron chi connectivity index (χ1n) is 16.7. The molecule has 1 aliphatic heterocycles. The molecule has 12 heteroatoms. The number of nitrogens with one attached hydrogen (secondary N) is 1. The lowest BCUT2D eigenvalue weighted by molar-refractivity contribution is -0.140. The number of ether oxygens (including phenoxy) is 2. The predicted octanol–water partition coefficient (Wildman–Crippen LogP) is 6.53. The number of halogens is 2. The average molecular weight is 720 g/mol. The van der Waals surface area contributed by atoms with Crippen LogP contribution < -0.4 is 19.1 Å². The van der Waals surface area contributed by atoms with Gasteiger partial charge in [-0.05, 0) is 66.4 Å². The first kappa shape index (κ1) is 35.2. The van der Waals surface area contributed by atoms with Gasteiger partial charge in [0.1, 0.15) is 31.6 Å². The second-order valence-electron chi connectivity index (χ2n) is 12.5. The van der Waals surface area contributed by atoms with Crippen LogP contribution >= 0.6 is 11.6 Å². The minimum Gasteiger partial charge on any atom is -0.486 e. The molecule has 0 radical (unpaired) electrons. The minimum atomic E-state index is -4.44. The fraction of sp³-hybridized carbons (Fsp3) is 0.316. The maximum atomic E-state index is 14.7. The van der Waals surface area contributed by atoms with Gasteiger partial charge in [0.25, 0.3) is 10.0 Å². The van der Waals surface area contributed by atoms with Gasteiger partial charge in [0.15, 0.2) is 11.5 Å². The van der Waals surface area contributed by atoms with E-state index in [4.69, 9.17) is 21.1 Å². The highest BCUT2D eigenvalue weighted by Gasteiger charge is 2.36. The van der Waals surface area contributed by atoms with Crippen LogP contribution in [0.1, 0.15) is 43.2 Å². The Bertz CT molecular complexity index is 1910. The zero-order valence-corrected chi connectivity index (χ0v) is 29.0. The van der Waals surface area contributed by atoms with E-state index in [1.54, 1.807) is 24.3 Å². The second kappa shape index (κ2) is 15.9. The normalized spacial score (nSPS) is 15.2. The van der Waals surface area contributed by atoms with Crippen LogP contribution in [0.15, 0.2) is 102 Å². The third-order valence-corrected chi connectivity index (χ3v) is 11.2. The van der Waals surface area contributed by atoms with Crippen molar-refractivity contribution in [3.8, 4) is 11.5 Å². The van der Waals surface area contributed by atoms with Gasteiger partial charge in [-0.3, -0.25) is 13.9 Å². The van der Waals surface area contributed by atoms with Gasteiger partial charge in [0.2, 0.25) is 11.8 Å². The maximum absolute atomic E-state index is 14.7. The third kappa shape index (κ3) is 8.39. The van der Waals surface area contributed by atoms with Crippen LogP contribution in [0.25, 0.3) is 0 Å². The number of amides is 2. The standard InChI is InChI=1S/C38H39ClFN3O6S/c39-33-14-8-7-11-28(33)25-42(34(23-27-9-3-1-4-10-27)38(45)41-30-12-5-2-6-13-30)37(44)26-43(31-17-15-29(40)16-18-31)50(46,47)32-19-20-35-36(24-32)49-22-21-48-35/h1,3-4,7-11,14-20,24,30,34H,2,5-6,12-13,21-23,25-26H2,(H,41,45). The Morgan fingerprint density at radius 2 is 1.54 bits per heavy atom. The summed E-state index contributed by atoms with van der Waals surface area (Å²) < 4.78 is 55.0. The van der Waals surface area contributed by atoms with Crippen LogP contribution in [-0.4, -0.2) is 57.0 Å². The molecule has 4 aromatic carbocycles. The van der Waals surface area contributed by atoms with E-state index in [9.17, 15) is 22.4 Å². The van der Waals surface area contributed by atoms with Gasteiger partial charge in [-0.2, -0.15) is 0 Å². The first-order chi connectivity index (χ1) is 24.2. The van der Waals surface area contributed by atoms with E-state index in [2.05, 4.69) is 5.32 Å². The van der Waals surface area contributed by atoms with Gasteiger partial charge in [0, 0.05) is 30.1 Å². The number of fused-ring (bicyclic) bond motifs is 1. The number of anilines is 1. The summed E-state index contributed by atoms with van der Waals surface area (Å²) in [5.41, 5.74) is 1.49. The Kier molecular flexibility index (Phi) is 11.2. The summed E-state index contributed by atoms with van der Waals surface area (Å²) in [7, 11) is -4.44. The molecular formula is C38H39ClFN3O6S. The SMILES string of the molecule is O=C(NC1CCCCC1)C(Cc1ccccc1)N(Cc1ccccc1Cl)C(=O)CN(c1ccc(F)cc1)S(=O)(=O)c1ccc2c(c1)OCCO2. The highest BCUT2D eigenvalue weighted by atomic mass is 35.5. The van der Waals surface area contributed by atoms with Crippen molar-refractivity contribution in [2.45, 2.75) is 62.0 Å². The van der Waals surface area contributed by atoms with Gasteiger partial charge >= 0.3 is 0 Å². The van der Waals surface area contributed by atoms with Crippen LogP contribution in [0.4, 0.5) is 10.1 Å². The molecule has 1 heterocycles. The molecule has 2 aliphatic rings. The lowest BCUT2D eigenvalue weighted by Crippen LogP contribution is -2.55. The first-order valence-corrected chi connectivity index (χ1v) is 18.6. The van der Waals surface area contributed by atoms with E-state index in [0.29, 0.717) is 22.9 Å². The largest absolute Gasteiger partial charge is 0.486 e. The Labute approximate surface area is 297 Å². The molecule has 0 bridgehead atoms. The Morgan fingerprint density at radius 1 is 0.860 bits per heavy atom. The molecule has 0 aromatic heterocycles. The fourth-order valence-corrected chi connectivity index (χ4v) is 7.98. The molecule has 262 valence electrons. The number of carbonyl (C=O) groups is 2. The van der Waals surface area contributed by atoms with Crippen LogP contribution in [-0.2, 0) is 32.6 Å². The monoisotopic (exact) mass is 719 g/mol. The van der Waals surface area contributed by atoms with Gasteiger partial charge in [-0.1, -0.05) is 79.4 Å². The molecule has 0 saturated heterocycles. The molecule has 1 atom stereocenters. The fourth-order valence-electron chi connectivity index (χ4n) is 6.36. The molecule has 0 spiro atoms. The third-order valence-electron chi connectivity index (χ3n) is 9.02. The van der Waals surface area contributed by atoms with E-state index >= 15 is 0 Å². The van der Waals surface area contributed by atoms with Crippen molar-refractivity contribution in [1.29, 1.82) is 0 Å². The topological polar surface area (TPSA) is 105 Å². The molecule has 1 N–H and O–H groups in total. The van der Waals surface area contributed by atoms with Gasteiger partial charge < -0.3 is 19.7 Å². The summed E-state index contributed by atoms with van der Waals surface area (Å²) in [4.78, 5) is 30.2. The summed E-state index contributed by atoms with van der Waals surface area (Å²) in [6, 6.07) is 24.4. The highest BCUT2D eigenvalue weighted by molar-refractivity contribution is 7.92. The molecule has 1 saturated carbocycles. The van der Waals surface area contributed by atoms with E-state index in [0.717, 1.165) is 54.1 Å². The smallest absolute Gasteiger partial charge is 0.264 e. The maximum Gasteiger partial charge on any atom is 0.264 e. The molecular weight excluding hydrogens is 681 g/mol. The molecule has 4 aromatic rings. The summed E-state index contributed by atoms with van der Waals surface area (Å²) in [5.74, 6) is -0.887. The van der Waals surface area contributed by atoms with Crippen molar-refractivity contribution >= 4 is 39.1 Å². The average Bonchev–Trinajstić information content (AvgIpc) is 3.13. The van der Waals surface area contributed by atoms with Crippen molar-refractivity contribution in [3.63, 3.8) is 0 Å². The van der Waals surface area contributed by atoms with Gasteiger partial charge in [-0.15, -0.1) is 0 Å². The lowest BCUT2D eigenvalue weighted by atomic mass is 9.94. The number of benzene rings is 4. The van der Waals surface area contributed by atoms with E-state index < -0.39 is 34.3 Å². The molecule has 9 nitrogen and oxygen atoms in total. The van der Waals surface area contributed by atoms with Gasteiger partial charge in [-0.25, -0.2) is 12.8 Å². The minimum absolute atomic E-state index is 0.0295. The molecule has 1 aliphatic carbocycles. The quantitative estimate of drug-likeness (QED) is 0.179. The summed E-state index contributed by atoms with van der Waals surface area (Å²) in [6.07, 6.45) is 4.97. The number of hydrogen-bond acceptors (Lipinski definition) is 6. The Hall–Kier alpha value is -4.61. The number of sulfonamides is 1. The molecule has 1 fully saturated rings. The number of hydrogen-bond donors (Lipinski definition) is 1. The molecule has 2 amide bonds. The zero-order chi connectivity index (χ0) is 35.1. The van der Waals surface area contributed by atoms with Crippen molar-refractivity contribution in [2.24, 2.45) is 0 Å². The molecule has 6 rings (SSSR count). The zero-order valence-electron chi connectivity index (χ0n) is 27.5. The Balaban J connectivity index is 1.40. The van der Waals surface area contributed by atoms with Crippen LogP contribution in [0.2, 0.25) is 5.02 Å². The summed E-state index contributed by atoms with van der Waals surface area (Å²) in [5, 5.41) is 3.59. The Morgan fingerprint density at radius 3 is 2.26 bits per heavy atom. The second-order valence-corrected chi connectivity index (χ2v) is 14.7. The number of carbonyl (C=O) groups excluding carboxylic acids is 2. The van der Waals surface area contributed by atoms with Crippen LogP contribution in [0.5, 0.6) is 11.5 Å². The number of rotatable bonds is 12. The molecule has 50 heavy (non-hydrogen) atoms. The van der Waals surface area contributed by atoms with Crippen molar-refractivity contribution in [1.82, 2.24) is 10.2 Å². The van der Waals surface area contributed by atoms with E-state index in [1.807, 2.05) is 30.3 Å². The summed E-state index contributed by atoms with van der Waals surface area (Å²) >= 11 is 6.60. The van der Waals surface area contributed by atoms with Gasteiger partial charge in [0.05, 0.1) is 10.6 Å². The van der Waals surface area contributed by atoms with E-state index in [1.165, 1.54) is 35.2 Å². The predicted molar refractivity (Wildman–Crippen MR) is 189 cm³/mol. The van der Waals surface area contributed by atoms with Crippen molar-refractivity contribution in [3.05, 3.63) is 119 Å². The van der Waals surface area contributed by atoms with E-state index in [-0.39, 0.29) is 47.9 Å². The van der Waals surface area contributed by atoms with Crippen molar-refractivity contribution < 1.29 is 31.9 Å². The van der Waals surface area contributed by atoms with Crippen LogP contribution in [0, 0.1) is 5.82 Å². The van der Waals surface area contributed by atoms with Crippen LogP contribution in [0.3, 0.4) is 0 Å². The lowest BCUT2D eigenvalue weighted by Gasteiger charge is -2.35.